The summed E-state index contributed by atoms with van der Waals surface area (Å²) >= 11 is 5.74. The highest BCUT2D eigenvalue weighted by Gasteiger charge is 2.18. The number of rotatable bonds is 6. The Hall–Kier alpha value is -1.85. The first kappa shape index (κ1) is 16.5. The fourth-order valence-electron chi connectivity index (χ4n) is 2.40. The maximum Gasteiger partial charge on any atom is 0.259 e. The minimum Gasteiger partial charge on any atom is -0.396 e. The van der Waals surface area contributed by atoms with Gasteiger partial charge in [-0.2, -0.15) is 5.10 Å². The number of hydrogen-bond acceptors (Lipinski definition) is 3. The molecule has 2 aromatic rings. The highest BCUT2D eigenvalue weighted by atomic mass is 35.5. The first-order chi connectivity index (χ1) is 10.6. The van der Waals surface area contributed by atoms with Crippen LogP contribution >= 0.6 is 11.6 Å². The van der Waals surface area contributed by atoms with Crippen molar-refractivity contribution in [2.24, 2.45) is 0 Å². The Bertz CT molecular complexity index is 650. The van der Waals surface area contributed by atoms with E-state index in [0.717, 1.165) is 16.9 Å². The monoisotopic (exact) mass is 321 g/mol. The zero-order chi connectivity index (χ0) is 16.1. The van der Waals surface area contributed by atoms with Crippen LogP contribution in [0.5, 0.6) is 0 Å². The van der Waals surface area contributed by atoms with Gasteiger partial charge in [-0.1, -0.05) is 12.1 Å². The Morgan fingerprint density at radius 2 is 2.00 bits per heavy atom. The zero-order valence-electron chi connectivity index (χ0n) is 12.8. The number of alkyl halides is 1. The van der Waals surface area contributed by atoms with Crippen molar-refractivity contribution >= 4 is 23.2 Å². The van der Waals surface area contributed by atoms with Crippen LogP contribution in [-0.2, 0) is 13.0 Å². The Labute approximate surface area is 134 Å². The van der Waals surface area contributed by atoms with E-state index in [1.54, 1.807) is 4.68 Å². The van der Waals surface area contributed by atoms with Crippen LogP contribution in [0.25, 0.3) is 0 Å². The van der Waals surface area contributed by atoms with Gasteiger partial charge in [0.05, 0.1) is 17.8 Å². The highest BCUT2D eigenvalue weighted by molar-refractivity contribution is 6.17. The van der Waals surface area contributed by atoms with Crippen molar-refractivity contribution in [2.75, 3.05) is 17.8 Å². The lowest BCUT2D eigenvalue weighted by atomic mass is 10.1. The van der Waals surface area contributed by atoms with Crippen LogP contribution in [-0.4, -0.2) is 33.3 Å². The molecule has 1 aromatic heterocycles. The smallest absolute Gasteiger partial charge is 0.259 e. The number of aromatic nitrogens is 2. The molecule has 0 aliphatic rings. The molecule has 5 nitrogen and oxygen atoms in total. The van der Waals surface area contributed by atoms with Gasteiger partial charge in [-0.05, 0) is 38.0 Å². The average molecular weight is 322 g/mol. The third kappa shape index (κ3) is 3.67. The van der Waals surface area contributed by atoms with Crippen molar-refractivity contribution < 1.29 is 9.90 Å². The second-order valence-corrected chi connectivity index (χ2v) is 5.46. The van der Waals surface area contributed by atoms with Gasteiger partial charge in [0.2, 0.25) is 0 Å². The van der Waals surface area contributed by atoms with Crippen molar-refractivity contribution in [1.29, 1.82) is 0 Å². The molecular weight excluding hydrogens is 302 g/mol. The molecule has 1 heterocycles. The first-order valence-electron chi connectivity index (χ1n) is 7.18. The molecule has 0 atom stereocenters. The summed E-state index contributed by atoms with van der Waals surface area (Å²) in [7, 11) is 0. The molecule has 0 radical (unpaired) electrons. The average Bonchev–Trinajstić information content (AvgIpc) is 2.76. The molecule has 0 bridgehead atoms. The fraction of sp³-hybridized carbons (Fsp3) is 0.375. The summed E-state index contributed by atoms with van der Waals surface area (Å²) in [5.74, 6) is 0.278. The third-order valence-electron chi connectivity index (χ3n) is 3.52. The Balaban J connectivity index is 2.15. The molecule has 1 aromatic carbocycles. The van der Waals surface area contributed by atoms with Crippen LogP contribution in [0, 0.1) is 13.8 Å². The number of benzene rings is 1. The summed E-state index contributed by atoms with van der Waals surface area (Å²) < 4.78 is 1.75. The maximum absolute atomic E-state index is 12.4. The molecular formula is C16H20ClN3O2. The van der Waals surface area contributed by atoms with E-state index in [9.17, 15) is 4.79 Å². The molecule has 6 heteroatoms. The molecule has 118 valence electrons. The lowest BCUT2D eigenvalue weighted by Crippen LogP contribution is -2.14. The van der Waals surface area contributed by atoms with Gasteiger partial charge in [-0.3, -0.25) is 9.48 Å². The molecule has 2 N–H and O–H groups in total. The lowest BCUT2D eigenvalue weighted by molar-refractivity contribution is 0.102. The molecule has 22 heavy (non-hydrogen) atoms. The van der Waals surface area contributed by atoms with E-state index in [2.05, 4.69) is 10.4 Å². The van der Waals surface area contributed by atoms with E-state index in [4.69, 9.17) is 16.7 Å². The van der Waals surface area contributed by atoms with Gasteiger partial charge in [0.25, 0.3) is 5.91 Å². The number of anilines is 1. The molecule has 0 aliphatic heterocycles. The van der Waals surface area contributed by atoms with Crippen LogP contribution in [0.15, 0.2) is 24.3 Å². The van der Waals surface area contributed by atoms with Crippen LogP contribution in [0.3, 0.4) is 0 Å². The van der Waals surface area contributed by atoms with Gasteiger partial charge >= 0.3 is 0 Å². The van der Waals surface area contributed by atoms with Crippen molar-refractivity contribution in [2.45, 2.75) is 26.8 Å². The molecule has 0 saturated carbocycles. The van der Waals surface area contributed by atoms with Gasteiger partial charge < -0.3 is 10.4 Å². The number of nitrogens with one attached hydrogen (secondary N) is 1. The normalized spacial score (nSPS) is 10.7. The van der Waals surface area contributed by atoms with Gasteiger partial charge in [0.15, 0.2) is 0 Å². The Morgan fingerprint density at radius 3 is 2.59 bits per heavy atom. The van der Waals surface area contributed by atoms with E-state index in [0.29, 0.717) is 30.1 Å². The lowest BCUT2D eigenvalue weighted by Gasteiger charge is -2.07. The number of carbonyl (C=O) groups is 1. The van der Waals surface area contributed by atoms with Crippen molar-refractivity contribution in [3.8, 4) is 0 Å². The van der Waals surface area contributed by atoms with Gasteiger partial charge in [-0.15, -0.1) is 11.6 Å². The molecule has 2 rings (SSSR count). The summed E-state index contributed by atoms with van der Waals surface area (Å²) in [5.41, 5.74) is 3.84. The standard InChI is InChI=1S/C16H20ClN3O2/c1-11-15(12(2)20(19-11)9-8-17)16(22)18-14-5-3-13(4-6-14)7-10-21/h3-6,21H,7-10H2,1-2H3,(H,18,22). The number of hydrogen-bond donors (Lipinski definition) is 2. The van der Waals surface area contributed by atoms with Crippen LogP contribution < -0.4 is 5.32 Å². The predicted octanol–water partition coefficient (Wildman–Crippen LogP) is 2.53. The first-order valence-corrected chi connectivity index (χ1v) is 7.71. The van der Waals surface area contributed by atoms with E-state index in [1.807, 2.05) is 38.1 Å². The van der Waals surface area contributed by atoms with E-state index in [-0.39, 0.29) is 12.5 Å². The van der Waals surface area contributed by atoms with E-state index in [1.165, 1.54) is 0 Å². The molecule has 0 saturated heterocycles. The van der Waals surface area contributed by atoms with E-state index < -0.39 is 0 Å². The van der Waals surface area contributed by atoms with Crippen molar-refractivity contribution in [3.63, 3.8) is 0 Å². The summed E-state index contributed by atoms with van der Waals surface area (Å²) in [6.07, 6.45) is 0.609. The fourth-order valence-corrected chi connectivity index (χ4v) is 2.56. The van der Waals surface area contributed by atoms with Crippen LogP contribution in [0.4, 0.5) is 5.69 Å². The third-order valence-corrected chi connectivity index (χ3v) is 3.69. The molecule has 0 fully saturated rings. The Kier molecular flexibility index (Phi) is 5.57. The highest BCUT2D eigenvalue weighted by Crippen LogP contribution is 2.17. The Morgan fingerprint density at radius 1 is 1.32 bits per heavy atom. The topological polar surface area (TPSA) is 67.2 Å². The quantitative estimate of drug-likeness (QED) is 0.803. The number of amides is 1. The summed E-state index contributed by atoms with van der Waals surface area (Å²) in [5, 5.41) is 16.1. The largest absolute Gasteiger partial charge is 0.396 e. The SMILES string of the molecule is Cc1nn(CCCl)c(C)c1C(=O)Nc1ccc(CCO)cc1. The van der Waals surface area contributed by atoms with Crippen LogP contribution in [0.2, 0.25) is 0 Å². The zero-order valence-corrected chi connectivity index (χ0v) is 13.5. The van der Waals surface area contributed by atoms with Crippen LogP contribution in [0.1, 0.15) is 27.3 Å². The van der Waals surface area contributed by atoms with Gasteiger partial charge in [0.1, 0.15) is 0 Å². The van der Waals surface area contributed by atoms with Gasteiger partial charge in [-0.25, -0.2) is 0 Å². The number of carbonyl (C=O) groups excluding carboxylic acids is 1. The van der Waals surface area contributed by atoms with Crippen molar-refractivity contribution in [1.82, 2.24) is 9.78 Å². The second kappa shape index (κ2) is 7.42. The molecule has 0 unspecified atom stereocenters. The number of nitrogens with zero attached hydrogens (tertiary/aromatic N) is 2. The second-order valence-electron chi connectivity index (χ2n) is 5.08. The summed E-state index contributed by atoms with van der Waals surface area (Å²) in [6, 6.07) is 7.44. The maximum atomic E-state index is 12.4. The number of aryl methyl sites for hydroxylation is 2. The molecule has 0 spiro atoms. The number of halogens is 1. The van der Waals surface area contributed by atoms with Crippen molar-refractivity contribution in [3.05, 3.63) is 46.8 Å². The van der Waals surface area contributed by atoms with Gasteiger partial charge in [0, 0.05) is 23.9 Å². The minimum absolute atomic E-state index is 0.115. The summed E-state index contributed by atoms with van der Waals surface area (Å²) in [6.45, 7) is 4.38. The minimum atomic E-state index is -0.175. The number of aliphatic hydroxyl groups excluding tert-OH is 1. The van der Waals surface area contributed by atoms with E-state index >= 15 is 0 Å². The summed E-state index contributed by atoms with van der Waals surface area (Å²) in [4.78, 5) is 12.4. The predicted molar refractivity (Wildman–Crippen MR) is 87.6 cm³/mol. The molecule has 1 amide bonds. The number of aliphatic hydroxyl groups is 1. The molecule has 0 aliphatic carbocycles.